The number of alkyl halides is 1. The first-order chi connectivity index (χ1) is 5.99. The first kappa shape index (κ1) is 12.0. The summed E-state index contributed by atoms with van der Waals surface area (Å²) < 4.78 is 12.2. The first-order valence-electron chi connectivity index (χ1n) is 3.80. The predicted molar refractivity (Wildman–Crippen MR) is 43.8 cm³/mol. The van der Waals surface area contributed by atoms with Crippen LogP contribution in [0.15, 0.2) is 0 Å². The summed E-state index contributed by atoms with van der Waals surface area (Å²) >= 11 is 0. The van der Waals surface area contributed by atoms with Gasteiger partial charge in [-0.1, -0.05) is 0 Å². The molecule has 1 atom stereocenters. The number of hydrogen-bond donors (Lipinski definition) is 3. The van der Waals surface area contributed by atoms with E-state index in [-0.39, 0.29) is 13.0 Å². The van der Waals surface area contributed by atoms with Crippen molar-refractivity contribution < 1.29 is 19.1 Å². The second-order valence-corrected chi connectivity index (χ2v) is 2.73. The summed E-state index contributed by atoms with van der Waals surface area (Å²) in [5.74, 6) is -2.47. The number of carbonyl (C=O) groups is 2. The smallest absolute Gasteiger partial charge is 0.334 e. The highest BCUT2D eigenvalue weighted by atomic mass is 19.1. The molecule has 6 heteroatoms. The quantitative estimate of drug-likeness (QED) is 0.470. The zero-order chi connectivity index (χ0) is 10.5. The molecule has 0 aliphatic carbocycles. The van der Waals surface area contributed by atoms with E-state index >= 15 is 0 Å². The van der Waals surface area contributed by atoms with Crippen molar-refractivity contribution in [2.45, 2.75) is 18.4 Å². The fourth-order valence-corrected chi connectivity index (χ4v) is 0.737. The van der Waals surface area contributed by atoms with Gasteiger partial charge in [0.2, 0.25) is 5.54 Å². The molecule has 0 heterocycles. The van der Waals surface area contributed by atoms with Gasteiger partial charge in [0.15, 0.2) is 5.78 Å². The van der Waals surface area contributed by atoms with Crippen LogP contribution in [0.25, 0.3) is 0 Å². The van der Waals surface area contributed by atoms with Gasteiger partial charge in [-0.2, -0.15) is 0 Å². The number of carboxylic acid groups (broad SMARTS) is 1. The number of ketones is 1. The average molecular weight is 192 g/mol. The van der Waals surface area contributed by atoms with Gasteiger partial charge in [0.25, 0.3) is 0 Å². The number of carboxylic acids is 1. The Morgan fingerprint density at radius 1 is 1.46 bits per heavy atom. The zero-order valence-corrected chi connectivity index (χ0v) is 7.12. The van der Waals surface area contributed by atoms with E-state index < -0.39 is 24.0 Å². The first-order valence-corrected chi connectivity index (χ1v) is 3.80. The van der Waals surface area contributed by atoms with E-state index in [1.165, 1.54) is 0 Å². The van der Waals surface area contributed by atoms with Gasteiger partial charge >= 0.3 is 5.97 Å². The van der Waals surface area contributed by atoms with E-state index in [0.717, 1.165) is 0 Å². The van der Waals surface area contributed by atoms with E-state index in [1.54, 1.807) is 0 Å². The van der Waals surface area contributed by atoms with Crippen LogP contribution in [0.2, 0.25) is 0 Å². The second kappa shape index (κ2) is 4.88. The molecule has 5 nitrogen and oxygen atoms in total. The molecule has 0 rings (SSSR count). The van der Waals surface area contributed by atoms with Gasteiger partial charge in [0.05, 0.1) is 0 Å². The lowest BCUT2D eigenvalue weighted by Gasteiger charge is -2.18. The normalized spacial score (nSPS) is 15.0. The van der Waals surface area contributed by atoms with Crippen molar-refractivity contribution in [2.75, 3.05) is 13.2 Å². The van der Waals surface area contributed by atoms with E-state index in [2.05, 4.69) is 0 Å². The van der Waals surface area contributed by atoms with Gasteiger partial charge in [-0.15, -0.1) is 0 Å². The van der Waals surface area contributed by atoms with Crippen LogP contribution >= 0.6 is 0 Å². The molecular formula is C7H13FN2O3. The number of hydrogen-bond acceptors (Lipinski definition) is 4. The highest BCUT2D eigenvalue weighted by Crippen LogP contribution is 2.08. The van der Waals surface area contributed by atoms with Crippen molar-refractivity contribution in [2.24, 2.45) is 11.5 Å². The van der Waals surface area contributed by atoms with E-state index in [4.69, 9.17) is 16.6 Å². The lowest BCUT2D eigenvalue weighted by Crippen LogP contribution is -2.56. The largest absolute Gasteiger partial charge is 0.479 e. The maximum atomic E-state index is 12.2. The summed E-state index contributed by atoms with van der Waals surface area (Å²) in [5, 5.41) is 8.49. The highest BCUT2D eigenvalue weighted by Gasteiger charge is 2.41. The molecule has 13 heavy (non-hydrogen) atoms. The van der Waals surface area contributed by atoms with Gasteiger partial charge in [-0.25, -0.2) is 9.18 Å². The highest BCUT2D eigenvalue weighted by molar-refractivity contribution is 6.07. The Morgan fingerprint density at radius 3 is 2.31 bits per heavy atom. The van der Waals surface area contributed by atoms with Crippen LogP contribution in [-0.2, 0) is 9.59 Å². The maximum Gasteiger partial charge on any atom is 0.334 e. The number of aliphatic carboxylic acids is 1. The van der Waals surface area contributed by atoms with Crippen LogP contribution in [0.5, 0.6) is 0 Å². The van der Waals surface area contributed by atoms with Gasteiger partial charge in [0.1, 0.15) is 6.67 Å². The molecule has 76 valence electrons. The molecular weight excluding hydrogens is 179 g/mol. The van der Waals surface area contributed by atoms with Crippen LogP contribution in [-0.4, -0.2) is 35.6 Å². The van der Waals surface area contributed by atoms with E-state index in [0.29, 0.717) is 6.42 Å². The molecule has 0 fully saturated rings. The van der Waals surface area contributed by atoms with Crippen LogP contribution in [0.4, 0.5) is 4.39 Å². The van der Waals surface area contributed by atoms with Gasteiger partial charge in [0, 0.05) is 6.42 Å². The van der Waals surface area contributed by atoms with Crippen molar-refractivity contribution in [3.63, 3.8) is 0 Å². The number of Topliss-reactive ketones (excluding diaryl/α,β-unsaturated/α-hetero) is 1. The third kappa shape index (κ3) is 2.74. The van der Waals surface area contributed by atoms with Crippen LogP contribution < -0.4 is 11.5 Å². The van der Waals surface area contributed by atoms with Gasteiger partial charge < -0.3 is 16.6 Å². The number of rotatable bonds is 6. The van der Waals surface area contributed by atoms with Crippen molar-refractivity contribution in [1.82, 2.24) is 0 Å². The Bertz CT molecular complexity index is 210. The van der Waals surface area contributed by atoms with Crippen molar-refractivity contribution in [3.8, 4) is 0 Å². The number of carbonyl (C=O) groups excluding carboxylic acids is 1. The minimum absolute atomic E-state index is 0.108. The third-order valence-corrected chi connectivity index (χ3v) is 1.70. The number of nitrogens with two attached hydrogens (primary N) is 2. The lowest BCUT2D eigenvalue weighted by atomic mass is 9.94. The molecule has 0 saturated carbocycles. The molecule has 0 saturated heterocycles. The molecule has 0 aliphatic heterocycles. The maximum absolute atomic E-state index is 12.2. The molecule has 0 bridgehead atoms. The van der Waals surface area contributed by atoms with Crippen molar-refractivity contribution >= 4 is 11.8 Å². The minimum Gasteiger partial charge on any atom is -0.479 e. The summed E-state index contributed by atoms with van der Waals surface area (Å²) in [5.41, 5.74) is 7.77. The molecule has 0 spiro atoms. The summed E-state index contributed by atoms with van der Waals surface area (Å²) in [6, 6.07) is 0. The van der Waals surface area contributed by atoms with Crippen LogP contribution in [0.3, 0.4) is 0 Å². The van der Waals surface area contributed by atoms with Crippen molar-refractivity contribution in [3.05, 3.63) is 0 Å². The molecule has 0 amide bonds. The second-order valence-electron chi connectivity index (χ2n) is 2.73. The molecule has 0 aliphatic rings. The zero-order valence-electron chi connectivity index (χ0n) is 7.12. The fourth-order valence-electron chi connectivity index (χ4n) is 0.737. The van der Waals surface area contributed by atoms with Crippen LogP contribution in [0, 0.1) is 0 Å². The minimum atomic E-state index is -2.39. The van der Waals surface area contributed by atoms with E-state index in [1.807, 2.05) is 0 Å². The standard InChI is InChI=1S/C7H13FN2O3/c8-4-7(10,6(12)13)5(11)2-1-3-9/h1-4,9-10H2,(H,12,13). The fraction of sp³-hybridized carbons (Fsp3) is 0.714. The number of halogens is 1. The monoisotopic (exact) mass is 192 g/mol. The van der Waals surface area contributed by atoms with Gasteiger partial charge in [-0.05, 0) is 13.0 Å². The Hall–Kier alpha value is -1.01. The SMILES string of the molecule is NCCCC(=O)C(N)(CF)C(=O)O. The Balaban J connectivity index is 4.39. The Kier molecular flexibility index (Phi) is 4.50. The molecule has 0 aromatic heterocycles. The summed E-state index contributed by atoms with van der Waals surface area (Å²) in [7, 11) is 0. The summed E-state index contributed by atoms with van der Waals surface area (Å²) in [4.78, 5) is 21.5. The van der Waals surface area contributed by atoms with Crippen LogP contribution in [0.1, 0.15) is 12.8 Å². The lowest BCUT2D eigenvalue weighted by molar-refractivity contribution is -0.149. The molecule has 0 radical (unpaired) electrons. The van der Waals surface area contributed by atoms with Crippen molar-refractivity contribution in [1.29, 1.82) is 0 Å². The third-order valence-electron chi connectivity index (χ3n) is 1.70. The molecule has 1 unspecified atom stereocenters. The molecule has 5 N–H and O–H groups in total. The topological polar surface area (TPSA) is 106 Å². The molecule has 0 aromatic carbocycles. The van der Waals surface area contributed by atoms with Gasteiger partial charge in [-0.3, -0.25) is 4.79 Å². The Labute approximate surface area is 74.9 Å². The average Bonchev–Trinajstić information content (AvgIpc) is 2.12. The summed E-state index contributed by atoms with van der Waals surface area (Å²) in [6.07, 6.45) is 0.203. The predicted octanol–water partition coefficient (Wildman–Crippen LogP) is -0.954. The Morgan fingerprint density at radius 2 is 2.00 bits per heavy atom. The molecule has 0 aromatic rings. The summed E-state index contributed by atoms with van der Waals surface area (Å²) in [6.45, 7) is -1.15. The van der Waals surface area contributed by atoms with E-state index in [9.17, 15) is 14.0 Å².